The molecule has 0 aliphatic carbocycles. The van der Waals surface area contributed by atoms with Crippen LogP contribution in [0.25, 0.3) is 0 Å². The van der Waals surface area contributed by atoms with Crippen molar-refractivity contribution in [2.75, 3.05) is 27.9 Å². The predicted octanol–water partition coefficient (Wildman–Crippen LogP) is 3.21. The largest absolute Gasteiger partial charge is 0.500 e. The molecule has 1 rings (SSSR count). The first-order chi connectivity index (χ1) is 10.3. The number of unbranched alkanes of at least 4 members (excludes halogenated alkanes) is 3. The van der Waals surface area contributed by atoms with Crippen LogP contribution in [0.1, 0.15) is 31.2 Å². The first kappa shape index (κ1) is 18.3. The third-order valence-electron chi connectivity index (χ3n) is 3.69. The van der Waals surface area contributed by atoms with Gasteiger partial charge in [-0.25, -0.2) is 0 Å². The molecule has 0 heterocycles. The van der Waals surface area contributed by atoms with Crippen molar-refractivity contribution in [1.29, 1.82) is 0 Å². The molecule has 5 heteroatoms. The molecule has 0 saturated carbocycles. The summed E-state index contributed by atoms with van der Waals surface area (Å²) in [5, 5.41) is 3.48. The average molecular weight is 311 g/mol. The standard InChI is InChI=1S/C16H29NO3Si/c1-18-21(19-2,20-3)14-10-5-4-9-13-17-15-16-11-7-6-8-12-16/h6-8,11-12,17H,4-5,9-10,13-15H2,1-3H3. The van der Waals surface area contributed by atoms with Crippen molar-refractivity contribution in [3.8, 4) is 0 Å². The fourth-order valence-electron chi connectivity index (χ4n) is 2.33. The van der Waals surface area contributed by atoms with Gasteiger partial charge in [-0.05, 0) is 24.9 Å². The molecule has 0 unspecified atom stereocenters. The van der Waals surface area contributed by atoms with Gasteiger partial charge in [0.2, 0.25) is 0 Å². The molecule has 1 aromatic rings. The number of nitrogens with one attached hydrogen (secondary N) is 1. The maximum atomic E-state index is 5.41. The highest BCUT2D eigenvalue weighted by Crippen LogP contribution is 2.17. The van der Waals surface area contributed by atoms with E-state index in [1.165, 1.54) is 24.8 Å². The molecule has 1 N–H and O–H groups in total. The van der Waals surface area contributed by atoms with Gasteiger partial charge in [0.05, 0.1) is 0 Å². The molecular formula is C16H29NO3Si. The van der Waals surface area contributed by atoms with Gasteiger partial charge in [-0.3, -0.25) is 0 Å². The maximum Gasteiger partial charge on any atom is 0.500 e. The Kier molecular flexibility index (Phi) is 9.53. The van der Waals surface area contributed by atoms with E-state index in [1.807, 2.05) is 6.07 Å². The van der Waals surface area contributed by atoms with Crippen LogP contribution in [0, 0.1) is 0 Å². The predicted molar refractivity (Wildman–Crippen MR) is 88.2 cm³/mol. The third kappa shape index (κ3) is 7.20. The number of benzene rings is 1. The summed E-state index contributed by atoms with van der Waals surface area (Å²) >= 11 is 0. The van der Waals surface area contributed by atoms with Crippen molar-refractivity contribution in [3.63, 3.8) is 0 Å². The van der Waals surface area contributed by atoms with Crippen LogP contribution in [0.2, 0.25) is 6.04 Å². The molecule has 0 spiro atoms. The minimum Gasteiger partial charge on any atom is -0.377 e. The van der Waals surface area contributed by atoms with E-state index in [9.17, 15) is 0 Å². The lowest BCUT2D eigenvalue weighted by Crippen LogP contribution is -2.42. The molecule has 21 heavy (non-hydrogen) atoms. The number of rotatable bonds is 12. The highest BCUT2D eigenvalue weighted by Gasteiger charge is 2.36. The van der Waals surface area contributed by atoms with Gasteiger partial charge in [0.25, 0.3) is 0 Å². The van der Waals surface area contributed by atoms with Crippen LogP contribution in [0.4, 0.5) is 0 Å². The van der Waals surface area contributed by atoms with E-state index in [-0.39, 0.29) is 0 Å². The number of hydrogen-bond donors (Lipinski definition) is 1. The van der Waals surface area contributed by atoms with Gasteiger partial charge < -0.3 is 18.6 Å². The maximum absolute atomic E-state index is 5.41. The highest BCUT2D eigenvalue weighted by atomic mass is 28.4. The molecular weight excluding hydrogens is 282 g/mol. The topological polar surface area (TPSA) is 39.7 Å². The molecule has 120 valence electrons. The average Bonchev–Trinajstić information content (AvgIpc) is 2.55. The summed E-state index contributed by atoms with van der Waals surface area (Å²) < 4.78 is 16.2. The van der Waals surface area contributed by atoms with Crippen LogP contribution in [-0.4, -0.2) is 36.7 Å². The van der Waals surface area contributed by atoms with E-state index in [1.54, 1.807) is 21.3 Å². The smallest absolute Gasteiger partial charge is 0.377 e. The Balaban J connectivity index is 2.00. The molecule has 0 amide bonds. The van der Waals surface area contributed by atoms with Crippen molar-refractivity contribution in [3.05, 3.63) is 35.9 Å². The SMILES string of the molecule is CO[Si](CCCCCCNCc1ccccc1)(OC)OC. The Hall–Kier alpha value is -0.723. The molecule has 0 radical (unpaired) electrons. The van der Waals surface area contributed by atoms with Crippen LogP contribution in [0.15, 0.2) is 30.3 Å². The van der Waals surface area contributed by atoms with Gasteiger partial charge in [0.1, 0.15) is 0 Å². The van der Waals surface area contributed by atoms with E-state index in [0.717, 1.165) is 25.6 Å². The van der Waals surface area contributed by atoms with Crippen LogP contribution in [-0.2, 0) is 19.8 Å². The normalized spacial score (nSPS) is 11.8. The quantitative estimate of drug-likeness (QED) is 0.475. The minimum atomic E-state index is -2.35. The van der Waals surface area contributed by atoms with Gasteiger partial charge in [-0.15, -0.1) is 0 Å². The van der Waals surface area contributed by atoms with Crippen molar-refractivity contribution in [2.45, 2.75) is 38.3 Å². The fourth-order valence-corrected chi connectivity index (χ4v) is 4.13. The minimum absolute atomic E-state index is 0.897. The van der Waals surface area contributed by atoms with Gasteiger partial charge in [-0.2, -0.15) is 0 Å². The zero-order valence-electron chi connectivity index (χ0n) is 13.6. The van der Waals surface area contributed by atoms with E-state index in [0.29, 0.717) is 0 Å². The molecule has 0 saturated heterocycles. The van der Waals surface area contributed by atoms with Crippen molar-refractivity contribution in [1.82, 2.24) is 5.32 Å². The van der Waals surface area contributed by atoms with Gasteiger partial charge in [-0.1, -0.05) is 43.2 Å². The summed E-state index contributed by atoms with van der Waals surface area (Å²) in [6.45, 7) is 2.02. The lowest BCUT2D eigenvalue weighted by Gasteiger charge is -2.24. The lowest BCUT2D eigenvalue weighted by atomic mass is 10.2. The van der Waals surface area contributed by atoms with Crippen LogP contribution < -0.4 is 5.32 Å². The van der Waals surface area contributed by atoms with E-state index in [2.05, 4.69) is 29.6 Å². The Morgan fingerprint density at radius 2 is 1.48 bits per heavy atom. The summed E-state index contributed by atoms with van der Waals surface area (Å²) in [4.78, 5) is 0. The van der Waals surface area contributed by atoms with E-state index in [4.69, 9.17) is 13.3 Å². The van der Waals surface area contributed by atoms with Gasteiger partial charge in [0.15, 0.2) is 0 Å². The van der Waals surface area contributed by atoms with Gasteiger partial charge in [0, 0.05) is 33.9 Å². The summed E-state index contributed by atoms with van der Waals surface area (Å²) in [6.07, 6.45) is 4.72. The Labute approximate surface area is 130 Å². The Morgan fingerprint density at radius 1 is 0.857 bits per heavy atom. The van der Waals surface area contributed by atoms with Crippen LogP contribution >= 0.6 is 0 Å². The summed E-state index contributed by atoms with van der Waals surface area (Å²) in [5.41, 5.74) is 1.34. The molecule has 0 atom stereocenters. The zero-order valence-corrected chi connectivity index (χ0v) is 14.6. The molecule has 0 bridgehead atoms. The molecule has 1 aromatic carbocycles. The van der Waals surface area contributed by atoms with Gasteiger partial charge >= 0.3 is 8.80 Å². The second-order valence-corrected chi connectivity index (χ2v) is 8.21. The van der Waals surface area contributed by atoms with Crippen molar-refractivity contribution in [2.24, 2.45) is 0 Å². The molecule has 0 aliphatic rings. The highest BCUT2D eigenvalue weighted by molar-refractivity contribution is 6.60. The summed E-state index contributed by atoms with van der Waals surface area (Å²) in [6, 6.07) is 11.4. The molecule has 4 nitrogen and oxygen atoms in total. The third-order valence-corrected chi connectivity index (χ3v) is 6.52. The Morgan fingerprint density at radius 3 is 2.10 bits per heavy atom. The Bertz CT molecular complexity index is 350. The monoisotopic (exact) mass is 311 g/mol. The zero-order chi connectivity index (χ0) is 15.4. The van der Waals surface area contributed by atoms with Crippen molar-refractivity contribution < 1.29 is 13.3 Å². The fraction of sp³-hybridized carbons (Fsp3) is 0.625. The van der Waals surface area contributed by atoms with Crippen molar-refractivity contribution >= 4 is 8.80 Å². The second kappa shape index (κ2) is 10.9. The molecule has 0 fully saturated rings. The number of hydrogen-bond acceptors (Lipinski definition) is 4. The van der Waals surface area contributed by atoms with Crippen LogP contribution in [0.3, 0.4) is 0 Å². The molecule has 0 aliphatic heterocycles. The molecule has 0 aromatic heterocycles. The second-order valence-electron chi connectivity index (χ2n) is 5.12. The first-order valence-corrected chi connectivity index (χ1v) is 9.59. The van der Waals surface area contributed by atoms with E-state index < -0.39 is 8.80 Å². The lowest BCUT2D eigenvalue weighted by molar-refractivity contribution is 0.122. The first-order valence-electron chi connectivity index (χ1n) is 7.66. The summed E-state index contributed by atoms with van der Waals surface area (Å²) in [7, 11) is 2.67. The van der Waals surface area contributed by atoms with Crippen LogP contribution in [0.5, 0.6) is 0 Å². The van der Waals surface area contributed by atoms with E-state index >= 15 is 0 Å². The summed E-state index contributed by atoms with van der Waals surface area (Å²) in [5.74, 6) is 0.